The molecule has 1 aromatic carbocycles. The highest BCUT2D eigenvalue weighted by Crippen LogP contribution is 2.43. The molecule has 61 heavy (non-hydrogen) atoms. The van der Waals surface area contributed by atoms with Gasteiger partial charge in [0.25, 0.3) is 5.91 Å². The van der Waals surface area contributed by atoms with Gasteiger partial charge < -0.3 is 29.2 Å². The van der Waals surface area contributed by atoms with Gasteiger partial charge in [0.2, 0.25) is 5.91 Å². The predicted molar refractivity (Wildman–Crippen MR) is 236 cm³/mol. The maximum absolute atomic E-state index is 16.7. The van der Waals surface area contributed by atoms with Crippen molar-refractivity contribution in [3.8, 4) is 22.5 Å². The van der Waals surface area contributed by atoms with Gasteiger partial charge in [0.05, 0.1) is 46.7 Å². The molecule has 15 heteroatoms. The lowest BCUT2D eigenvalue weighted by molar-refractivity contribution is -0.155. The van der Waals surface area contributed by atoms with E-state index in [4.69, 9.17) is 19.4 Å². The minimum absolute atomic E-state index is 0.1000. The molecule has 3 aromatic heterocycles. The molecule has 6 heterocycles. The smallest absolute Gasteiger partial charge is 0.324 e. The van der Waals surface area contributed by atoms with Gasteiger partial charge in [0, 0.05) is 92.0 Å². The highest BCUT2D eigenvalue weighted by Gasteiger charge is 2.36. The average Bonchev–Trinajstić information content (AvgIpc) is 4.01. The molecule has 2 N–H and O–H groups in total. The number of amides is 2. The molecule has 6 bridgehead atoms. The maximum atomic E-state index is 16.7. The van der Waals surface area contributed by atoms with E-state index in [0.717, 1.165) is 91.0 Å². The molecule has 0 radical (unpaired) electrons. The van der Waals surface area contributed by atoms with E-state index >= 15 is 4.39 Å². The lowest BCUT2D eigenvalue weighted by Gasteiger charge is -2.35. The van der Waals surface area contributed by atoms with E-state index in [-0.39, 0.29) is 30.9 Å². The third-order valence-corrected chi connectivity index (χ3v) is 14.0. The van der Waals surface area contributed by atoms with Gasteiger partial charge in [-0.2, -0.15) is 0 Å². The highest BCUT2D eigenvalue weighted by atomic mass is 32.1. The van der Waals surface area contributed by atoms with Crippen LogP contribution < -0.4 is 15.6 Å². The van der Waals surface area contributed by atoms with Crippen molar-refractivity contribution in [2.45, 2.75) is 110 Å². The number of methoxy groups -OCH3 is 1. The molecule has 13 nitrogen and oxygen atoms in total. The summed E-state index contributed by atoms with van der Waals surface area (Å²) in [7, 11) is 3.82. The van der Waals surface area contributed by atoms with Crippen molar-refractivity contribution in [1.29, 1.82) is 0 Å². The van der Waals surface area contributed by atoms with Crippen molar-refractivity contribution in [2.75, 3.05) is 58.4 Å². The lowest BCUT2D eigenvalue weighted by atomic mass is 9.93. The quantitative estimate of drug-likeness (QED) is 0.185. The standard InChI is InChI=1S/C46H61FN8O5S/c1-7-31-32-21-35(47)33-22-39(32)54(43(31)34-20-30(24-48-42(34)28(2)59-6)53-17-15-52(5)16-18-53)26-46(3,4)27-60-45(58)36-13-10-14-55(51-36)44(57)37(23-41-50-38(33)25-61-41)49-40(56)19-29-11-8-9-12-29/h20-22,24-25,28-29,36-37,51H,7-19,23,26-27H2,1-6H3,(H,49,56). The summed E-state index contributed by atoms with van der Waals surface area (Å²) >= 11 is 1.34. The molecule has 2 saturated heterocycles. The zero-order valence-corrected chi connectivity index (χ0v) is 37.3. The summed E-state index contributed by atoms with van der Waals surface area (Å²) in [6.45, 7) is 12.8. The second kappa shape index (κ2) is 18.1. The van der Waals surface area contributed by atoms with Gasteiger partial charge in [-0.15, -0.1) is 11.3 Å². The van der Waals surface area contributed by atoms with Crippen molar-refractivity contribution >= 4 is 45.7 Å². The number of hydrogen-bond donors (Lipinski definition) is 2. The summed E-state index contributed by atoms with van der Waals surface area (Å²) in [5, 5.41) is 7.71. The van der Waals surface area contributed by atoms with Crippen LogP contribution in [0.3, 0.4) is 0 Å². The topological polar surface area (TPSA) is 134 Å². The molecule has 1 saturated carbocycles. The van der Waals surface area contributed by atoms with Crippen molar-refractivity contribution < 1.29 is 28.2 Å². The van der Waals surface area contributed by atoms with Crippen molar-refractivity contribution in [2.24, 2.45) is 11.3 Å². The third-order valence-electron chi connectivity index (χ3n) is 13.1. The number of fused-ring (bicyclic) bond motifs is 6. The van der Waals surface area contributed by atoms with Gasteiger partial charge in [-0.25, -0.2) is 14.8 Å². The van der Waals surface area contributed by atoms with Gasteiger partial charge in [0.15, 0.2) is 0 Å². The average molecular weight is 857 g/mol. The number of benzene rings is 1. The van der Waals surface area contributed by atoms with Gasteiger partial charge >= 0.3 is 5.97 Å². The molecule has 3 atom stereocenters. The number of cyclic esters (lactones) is 1. The number of hydrazine groups is 1. The van der Waals surface area contributed by atoms with Crippen LogP contribution in [-0.2, 0) is 43.2 Å². The molecule has 2 amide bonds. The SMILES string of the molecule is CCc1c(-c2cc(N3CCN(C)CC3)cnc2C(C)OC)n2c3cc(c(F)cc13)-c1csc(n1)CC(NC(=O)CC1CCCC1)C(=O)N1CCCC(N1)C(=O)OCC(C)(C)C2. The number of ether oxygens (including phenoxy) is 2. The Hall–Kier alpha value is -4.44. The highest BCUT2D eigenvalue weighted by molar-refractivity contribution is 7.10. The Labute approximate surface area is 362 Å². The van der Waals surface area contributed by atoms with Gasteiger partial charge in [-0.1, -0.05) is 33.6 Å². The van der Waals surface area contributed by atoms with Crippen molar-refractivity contribution in [3.63, 3.8) is 0 Å². The summed E-state index contributed by atoms with van der Waals surface area (Å²) in [5.74, 6) is -1.05. The number of rotatable bonds is 8. The number of aryl methyl sites for hydroxylation is 1. The Morgan fingerprint density at radius 3 is 2.59 bits per heavy atom. The van der Waals surface area contributed by atoms with Crippen LogP contribution in [0.4, 0.5) is 10.1 Å². The lowest BCUT2D eigenvalue weighted by Crippen LogP contribution is -2.60. The van der Waals surface area contributed by atoms with Crippen LogP contribution in [0.5, 0.6) is 0 Å². The van der Waals surface area contributed by atoms with E-state index in [2.05, 4.69) is 59.0 Å². The molecule has 3 fully saturated rings. The number of pyridine rings is 1. The zero-order valence-electron chi connectivity index (χ0n) is 36.5. The number of hydrogen-bond acceptors (Lipinski definition) is 11. The van der Waals surface area contributed by atoms with E-state index in [9.17, 15) is 14.4 Å². The largest absolute Gasteiger partial charge is 0.464 e. The second-order valence-corrected chi connectivity index (χ2v) is 19.2. The molecule has 4 aliphatic rings. The normalized spacial score (nSPS) is 22.3. The van der Waals surface area contributed by atoms with Gasteiger partial charge in [-0.3, -0.25) is 24.4 Å². The van der Waals surface area contributed by atoms with E-state index < -0.39 is 29.3 Å². The summed E-state index contributed by atoms with van der Waals surface area (Å²) < 4.78 is 31.0. The van der Waals surface area contributed by atoms with Crippen LogP contribution in [0.25, 0.3) is 33.4 Å². The Bertz CT molecular complexity index is 2260. The van der Waals surface area contributed by atoms with E-state index in [1.807, 2.05) is 24.6 Å². The number of nitrogens with zero attached hydrogens (tertiary/aromatic N) is 6. The number of likely N-dealkylation sites (N-methyl/N-ethyl adjacent to an activating group) is 1. The number of carbonyl (C=O) groups excluding carboxylic acids is 3. The van der Waals surface area contributed by atoms with Crippen LogP contribution in [0.15, 0.2) is 29.8 Å². The number of piperazine rings is 1. The maximum Gasteiger partial charge on any atom is 0.324 e. The van der Waals surface area contributed by atoms with Crippen LogP contribution >= 0.6 is 11.3 Å². The summed E-state index contributed by atoms with van der Waals surface area (Å²) in [4.78, 5) is 56.2. The fraction of sp³-hybridized carbons (Fsp3) is 0.587. The first kappa shape index (κ1) is 43.2. The summed E-state index contributed by atoms with van der Waals surface area (Å²) in [6, 6.07) is 4.08. The monoisotopic (exact) mass is 856 g/mol. The molecule has 1 aliphatic carbocycles. The fourth-order valence-electron chi connectivity index (χ4n) is 9.57. The first-order valence-corrected chi connectivity index (χ1v) is 23.0. The summed E-state index contributed by atoms with van der Waals surface area (Å²) in [6.07, 6.45) is 8.05. The van der Waals surface area contributed by atoms with Gasteiger partial charge in [0.1, 0.15) is 17.9 Å². The molecule has 328 valence electrons. The minimum Gasteiger partial charge on any atom is -0.464 e. The van der Waals surface area contributed by atoms with E-state index in [0.29, 0.717) is 61.0 Å². The van der Waals surface area contributed by atoms with Crippen LogP contribution in [0, 0.1) is 17.2 Å². The fourth-order valence-corrected chi connectivity index (χ4v) is 10.4. The predicted octanol–water partition coefficient (Wildman–Crippen LogP) is 6.67. The van der Waals surface area contributed by atoms with Crippen LogP contribution in [-0.4, -0.2) is 108 Å². The van der Waals surface area contributed by atoms with Crippen molar-refractivity contribution in [1.82, 2.24) is 35.2 Å². The molecule has 4 aromatic rings. The van der Waals surface area contributed by atoms with Crippen LogP contribution in [0.1, 0.15) is 95.0 Å². The minimum atomic E-state index is -0.925. The van der Waals surface area contributed by atoms with E-state index in [1.54, 1.807) is 13.2 Å². The second-order valence-electron chi connectivity index (χ2n) is 18.3. The molecule has 0 spiro atoms. The number of carbonyl (C=O) groups is 3. The third kappa shape index (κ3) is 9.21. The Balaban J connectivity index is 1.26. The molecule has 3 aliphatic heterocycles. The van der Waals surface area contributed by atoms with Crippen molar-refractivity contribution in [3.05, 3.63) is 51.9 Å². The number of aromatic nitrogens is 3. The van der Waals surface area contributed by atoms with Gasteiger partial charge in [-0.05, 0) is 75.8 Å². The first-order chi connectivity index (χ1) is 29.3. The number of nitrogens with one attached hydrogen (secondary N) is 2. The number of esters is 1. The molecular weight excluding hydrogens is 796 g/mol. The summed E-state index contributed by atoms with van der Waals surface area (Å²) in [5.41, 5.74) is 8.84. The molecular formula is C46H61FN8O5S. The number of halogens is 1. The van der Waals surface area contributed by atoms with E-state index in [1.165, 1.54) is 16.3 Å². The zero-order chi connectivity index (χ0) is 43.0. The number of thiazole rings is 1. The molecule has 3 unspecified atom stereocenters. The number of anilines is 1. The van der Waals surface area contributed by atoms with Crippen LogP contribution in [0.2, 0.25) is 0 Å². The molecule has 8 rings (SSSR count). The Morgan fingerprint density at radius 2 is 1.85 bits per heavy atom. The Kier molecular flexibility index (Phi) is 12.8. The Morgan fingerprint density at radius 1 is 1.08 bits per heavy atom. The first-order valence-electron chi connectivity index (χ1n) is 22.1.